The number of hydrogen-bond acceptors (Lipinski definition) is 5. The second-order valence-corrected chi connectivity index (χ2v) is 7.70. The zero-order valence-electron chi connectivity index (χ0n) is 18.2. The number of hydrogen-bond donors (Lipinski definition) is 2. The highest BCUT2D eigenvalue weighted by Crippen LogP contribution is 2.25. The minimum atomic E-state index is -1.07. The smallest absolute Gasteiger partial charge is 0.340 e. The Bertz CT molecular complexity index is 1150. The molecule has 0 bridgehead atoms. The average molecular weight is 437 g/mol. The van der Waals surface area contributed by atoms with Crippen molar-refractivity contribution in [3.05, 3.63) is 75.6 Å². The van der Waals surface area contributed by atoms with E-state index in [4.69, 9.17) is 9.15 Å². The number of carbonyl (C=O) groups excluding carboxylic acids is 1. The number of ether oxygens (including phenoxy) is 1. The summed E-state index contributed by atoms with van der Waals surface area (Å²) >= 11 is 0. The van der Waals surface area contributed by atoms with E-state index >= 15 is 0 Å². The van der Waals surface area contributed by atoms with E-state index in [9.17, 15) is 19.5 Å². The predicted octanol–water partition coefficient (Wildman–Crippen LogP) is 3.83. The first-order chi connectivity index (χ1) is 15.4. The molecule has 0 spiro atoms. The minimum Gasteiger partial charge on any atom is -0.484 e. The lowest BCUT2D eigenvalue weighted by molar-refractivity contribution is -0.142. The maximum atomic E-state index is 12.6. The number of nitrogens with one attached hydrogen (secondary N) is 1. The number of benzene rings is 2. The summed E-state index contributed by atoms with van der Waals surface area (Å²) < 4.78 is 11.0. The lowest BCUT2D eigenvalue weighted by Crippen LogP contribution is -2.42. The molecule has 0 aliphatic rings. The van der Waals surface area contributed by atoms with Crippen LogP contribution in [0.4, 0.5) is 0 Å². The molecule has 1 amide bonds. The van der Waals surface area contributed by atoms with Crippen molar-refractivity contribution in [1.29, 1.82) is 0 Å². The molecule has 32 heavy (non-hydrogen) atoms. The summed E-state index contributed by atoms with van der Waals surface area (Å²) in [5.74, 6) is -1.24. The quantitative estimate of drug-likeness (QED) is 0.467. The van der Waals surface area contributed by atoms with Crippen LogP contribution in [0, 0.1) is 6.92 Å². The Morgan fingerprint density at radius 1 is 1.16 bits per heavy atom. The lowest BCUT2D eigenvalue weighted by atomic mass is 10.00. The van der Waals surface area contributed by atoms with Crippen molar-refractivity contribution >= 4 is 22.8 Å². The number of aliphatic carboxylic acids is 1. The van der Waals surface area contributed by atoms with Crippen molar-refractivity contribution in [1.82, 2.24) is 5.32 Å². The Kier molecular flexibility index (Phi) is 7.65. The summed E-state index contributed by atoms with van der Waals surface area (Å²) in [4.78, 5) is 36.0. The Hall–Kier alpha value is -3.61. The highest BCUT2D eigenvalue weighted by Gasteiger charge is 2.19. The van der Waals surface area contributed by atoms with E-state index < -0.39 is 23.5 Å². The van der Waals surface area contributed by atoms with Gasteiger partial charge in [-0.3, -0.25) is 4.79 Å². The van der Waals surface area contributed by atoms with Gasteiger partial charge < -0.3 is 19.6 Å². The summed E-state index contributed by atoms with van der Waals surface area (Å²) in [6.45, 7) is 3.50. The van der Waals surface area contributed by atoms with E-state index in [2.05, 4.69) is 5.32 Å². The van der Waals surface area contributed by atoms with Gasteiger partial charge in [-0.25, -0.2) is 9.59 Å². The Morgan fingerprint density at radius 3 is 2.59 bits per heavy atom. The Labute approximate surface area is 186 Å². The van der Waals surface area contributed by atoms with Gasteiger partial charge in [0, 0.05) is 23.4 Å². The van der Waals surface area contributed by atoms with Crippen molar-refractivity contribution < 1.29 is 23.8 Å². The van der Waals surface area contributed by atoms with Gasteiger partial charge in [0.25, 0.3) is 5.91 Å². The molecule has 0 saturated heterocycles. The van der Waals surface area contributed by atoms with Crippen LogP contribution >= 0.6 is 0 Å². The van der Waals surface area contributed by atoms with Gasteiger partial charge in [0.15, 0.2) is 6.61 Å². The Morgan fingerprint density at radius 2 is 1.91 bits per heavy atom. The fraction of sp³-hybridized carbons (Fsp3) is 0.320. The third kappa shape index (κ3) is 5.75. The molecule has 1 atom stereocenters. The first-order valence-electron chi connectivity index (χ1n) is 10.6. The standard InChI is InChI=1S/C25H27NO6/c1-3-4-10-21(24(28)29)26-23(27)15-31-18-11-12-19-16(2)20(25(30)32-22(19)14-18)13-17-8-6-5-7-9-17/h5-9,11-12,14,21H,3-4,10,13,15H2,1-2H3,(H,26,27)(H,28,29)/t21-/m0/s1. The summed E-state index contributed by atoms with van der Waals surface area (Å²) in [6, 6.07) is 13.8. The molecule has 0 unspecified atom stereocenters. The first-order valence-corrected chi connectivity index (χ1v) is 10.6. The van der Waals surface area contributed by atoms with Crippen LogP contribution in [-0.4, -0.2) is 29.6 Å². The molecule has 3 aromatic rings. The van der Waals surface area contributed by atoms with Crippen LogP contribution in [0.5, 0.6) is 5.75 Å². The molecule has 1 heterocycles. The average Bonchev–Trinajstić information content (AvgIpc) is 2.78. The molecule has 168 valence electrons. The molecule has 0 aliphatic heterocycles. The zero-order chi connectivity index (χ0) is 23.1. The van der Waals surface area contributed by atoms with Gasteiger partial charge in [-0.05, 0) is 36.6 Å². The molecule has 7 nitrogen and oxygen atoms in total. The number of rotatable bonds is 10. The minimum absolute atomic E-state index is 0.337. The van der Waals surface area contributed by atoms with E-state index in [0.29, 0.717) is 36.2 Å². The molecule has 2 N–H and O–H groups in total. The highest BCUT2D eigenvalue weighted by molar-refractivity contribution is 5.85. The van der Waals surface area contributed by atoms with Gasteiger partial charge in [-0.15, -0.1) is 0 Å². The number of unbranched alkanes of at least 4 members (excludes halogenated alkanes) is 1. The maximum Gasteiger partial charge on any atom is 0.340 e. The van der Waals surface area contributed by atoms with Crippen molar-refractivity contribution in [3.63, 3.8) is 0 Å². The van der Waals surface area contributed by atoms with Crippen LogP contribution in [0.1, 0.15) is 42.9 Å². The number of carbonyl (C=O) groups is 2. The van der Waals surface area contributed by atoms with Gasteiger partial charge >= 0.3 is 11.6 Å². The lowest BCUT2D eigenvalue weighted by Gasteiger charge is -2.14. The van der Waals surface area contributed by atoms with Crippen LogP contribution in [0.15, 0.2) is 57.7 Å². The number of carboxylic acids is 1. The summed E-state index contributed by atoms with van der Waals surface area (Å²) in [5.41, 5.74) is 2.42. The van der Waals surface area contributed by atoms with Crippen molar-refractivity contribution in [3.8, 4) is 5.75 Å². The van der Waals surface area contributed by atoms with Gasteiger partial charge in [0.2, 0.25) is 0 Å². The third-order valence-electron chi connectivity index (χ3n) is 5.33. The number of aryl methyl sites for hydroxylation is 1. The molecular weight excluding hydrogens is 410 g/mol. The fourth-order valence-corrected chi connectivity index (χ4v) is 3.52. The van der Waals surface area contributed by atoms with Crippen molar-refractivity contribution in [2.45, 2.75) is 45.6 Å². The van der Waals surface area contributed by atoms with Crippen LogP contribution in [0.25, 0.3) is 11.0 Å². The summed E-state index contributed by atoms with van der Waals surface area (Å²) in [5, 5.41) is 12.5. The number of fused-ring (bicyclic) bond motifs is 1. The fourth-order valence-electron chi connectivity index (χ4n) is 3.52. The molecule has 3 rings (SSSR count). The van der Waals surface area contributed by atoms with Crippen LogP contribution in [0.2, 0.25) is 0 Å². The number of amides is 1. The topological polar surface area (TPSA) is 106 Å². The van der Waals surface area contributed by atoms with Crippen LogP contribution in [0.3, 0.4) is 0 Å². The zero-order valence-corrected chi connectivity index (χ0v) is 18.2. The van der Waals surface area contributed by atoms with Crippen LogP contribution in [-0.2, 0) is 16.0 Å². The van der Waals surface area contributed by atoms with Gasteiger partial charge in [0.05, 0.1) is 0 Å². The van der Waals surface area contributed by atoms with E-state index in [1.54, 1.807) is 18.2 Å². The van der Waals surface area contributed by atoms with Crippen molar-refractivity contribution in [2.24, 2.45) is 0 Å². The van der Waals surface area contributed by atoms with E-state index in [1.165, 1.54) is 0 Å². The highest BCUT2D eigenvalue weighted by atomic mass is 16.5. The SMILES string of the molecule is CCCC[C@H](NC(=O)COc1ccc2c(C)c(Cc3ccccc3)c(=O)oc2c1)C(=O)O. The molecule has 2 aromatic carbocycles. The largest absolute Gasteiger partial charge is 0.484 e. The van der Waals surface area contributed by atoms with Gasteiger partial charge in [0.1, 0.15) is 17.4 Å². The van der Waals surface area contributed by atoms with Crippen LogP contribution < -0.4 is 15.7 Å². The second kappa shape index (κ2) is 10.6. The van der Waals surface area contributed by atoms with Gasteiger partial charge in [-0.2, -0.15) is 0 Å². The monoisotopic (exact) mass is 437 g/mol. The molecule has 7 heteroatoms. The first kappa shape index (κ1) is 23.1. The molecular formula is C25H27NO6. The predicted molar refractivity (Wildman–Crippen MR) is 121 cm³/mol. The van der Waals surface area contributed by atoms with E-state index in [-0.39, 0.29) is 6.61 Å². The van der Waals surface area contributed by atoms with Gasteiger partial charge in [-0.1, -0.05) is 50.1 Å². The molecule has 0 aliphatic carbocycles. The van der Waals surface area contributed by atoms with E-state index in [1.807, 2.05) is 44.2 Å². The second-order valence-electron chi connectivity index (χ2n) is 7.70. The van der Waals surface area contributed by atoms with Crippen molar-refractivity contribution in [2.75, 3.05) is 6.61 Å². The molecule has 1 aromatic heterocycles. The Balaban J connectivity index is 1.71. The molecule has 0 fully saturated rings. The number of carboxylic acid groups (broad SMARTS) is 1. The molecule has 0 radical (unpaired) electrons. The summed E-state index contributed by atoms with van der Waals surface area (Å²) in [7, 11) is 0. The van der Waals surface area contributed by atoms with E-state index in [0.717, 1.165) is 22.9 Å². The summed E-state index contributed by atoms with van der Waals surface area (Å²) in [6.07, 6.45) is 2.38. The maximum absolute atomic E-state index is 12.6. The molecule has 0 saturated carbocycles. The normalized spacial score (nSPS) is 11.8. The third-order valence-corrected chi connectivity index (χ3v) is 5.33.